The Balaban J connectivity index is 2.06. The van der Waals surface area contributed by atoms with Gasteiger partial charge in [-0.25, -0.2) is 4.98 Å². The number of unbranched alkanes of at least 4 members (excludes halogenated alkanes) is 2. The first-order chi connectivity index (χ1) is 9.20. The van der Waals surface area contributed by atoms with Gasteiger partial charge in [0.25, 0.3) is 0 Å². The molecule has 0 aliphatic heterocycles. The molecule has 4 heteroatoms. The lowest BCUT2D eigenvalue weighted by molar-refractivity contribution is 0.0975. The first kappa shape index (κ1) is 13.3. The number of hydrogen-bond donors (Lipinski definition) is 2. The minimum atomic E-state index is 0.0785. The number of nitrogens with one attached hydrogen (secondary N) is 1. The van der Waals surface area contributed by atoms with E-state index in [-0.39, 0.29) is 11.5 Å². The van der Waals surface area contributed by atoms with Crippen molar-refractivity contribution in [3.05, 3.63) is 36.2 Å². The lowest BCUT2D eigenvalue weighted by Gasteiger charge is -1.97. The van der Waals surface area contributed by atoms with E-state index >= 15 is 0 Å². The standard InChI is InChI=1S/C15H18N2O2/c1-2-3-4-5-14(19)13-10-16-15(17-13)11-6-8-12(18)9-7-11/h6-10,18H,2-5H2,1H3,(H,16,17). The highest BCUT2D eigenvalue weighted by molar-refractivity contribution is 5.94. The van der Waals surface area contributed by atoms with E-state index in [4.69, 9.17) is 0 Å². The summed E-state index contributed by atoms with van der Waals surface area (Å²) < 4.78 is 0. The smallest absolute Gasteiger partial charge is 0.182 e. The number of nitrogens with zero attached hydrogens (tertiary/aromatic N) is 1. The number of aromatic amines is 1. The summed E-state index contributed by atoms with van der Waals surface area (Å²) in [6, 6.07) is 6.72. The van der Waals surface area contributed by atoms with Crippen molar-refractivity contribution in [2.75, 3.05) is 0 Å². The van der Waals surface area contributed by atoms with E-state index in [9.17, 15) is 9.90 Å². The first-order valence-electron chi connectivity index (χ1n) is 6.58. The van der Waals surface area contributed by atoms with Crippen LogP contribution in [0.3, 0.4) is 0 Å². The molecule has 0 fully saturated rings. The molecule has 0 unspecified atom stereocenters. The van der Waals surface area contributed by atoms with Crippen molar-refractivity contribution in [2.45, 2.75) is 32.6 Å². The monoisotopic (exact) mass is 258 g/mol. The quantitative estimate of drug-likeness (QED) is 0.615. The van der Waals surface area contributed by atoms with Gasteiger partial charge in [-0.3, -0.25) is 4.79 Å². The van der Waals surface area contributed by atoms with Gasteiger partial charge in [-0.1, -0.05) is 19.8 Å². The van der Waals surface area contributed by atoms with Crippen LogP contribution in [0.2, 0.25) is 0 Å². The fourth-order valence-corrected chi connectivity index (χ4v) is 1.90. The third kappa shape index (κ3) is 3.44. The minimum absolute atomic E-state index is 0.0785. The van der Waals surface area contributed by atoms with Crippen molar-refractivity contribution in [3.8, 4) is 17.1 Å². The molecule has 0 aliphatic carbocycles. The molecule has 100 valence electrons. The van der Waals surface area contributed by atoms with E-state index in [1.807, 2.05) is 0 Å². The maximum atomic E-state index is 11.9. The van der Waals surface area contributed by atoms with Crippen molar-refractivity contribution in [1.29, 1.82) is 0 Å². The Bertz CT molecular complexity index is 544. The number of imidazole rings is 1. The van der Waals surface area contributed by atoms with Crippen LogP contribution in [0.25, 0.3) is 11.4 Å². The predicted molar refractivity (Wildman–Crippen MR) is 74.2 cm³/mol. The highest BCUT2D eigenvalue weighted by atomic mass is 16.3. The van der Waals surface area contributed by atoms with Crippen LogP contribution < -0.4 is 0 Å². The van der Waals surface area contributed by atoms with Gasteiger partial charge in [0.2, 0.25) is 0 Å². The largest absolute Gasteiger partial charge is 0.508 e. The molecule has 19 heavy (non-hydrogen) atoms. The highest BCUT2D eigenvalue weighted by Crippen LogP contribution is 2.19. The van der Waals surface area contributed by atoms with E-state index in [2.05, 4.69) is 16.9 Å². The second-order valence-electron chi connectivity index (χ2n) is 4.56. The molecular formula is C15H18N2O2. The molecule has 1 aromatic heterocycles. The number of phenolic OH excluding ortho intramolecular Hbond substituents is 1. The summed E-state index contributed by atoms with van der Waals surface area (Å²) in [6.45, 7) is 2.11. The number of carbonyl (C=O) groups excluding carboxylic acids is 1. The molecule has 2 aromatic rings. The van der Waals surface area contributed by atoms with Gasteiger partial charge >= 0.3 is 0 Å². The van der Waals surface area contributed by atoms with Crippen LogP contribution in [0, 0.1) is 0 Å². The third-order valence-corrected chi connectivity index (χ3v) is 3.01. The Morgan fingerprint density at radius 2 is 2.00 bits per heavy atom. The number of phenols is 1. The molecule has 2 rings (SSSR count). The van der Waals surface area contributed by atoms with Crippen molar-refractivity contribution < 1.29 is 9.90 Å². The molecule has 0 amide bonds. The summed E-state index contributed by atoms with van der Waals surface area (Å²) in [6.07, 6.45) is 5.29. The van der Waals surface area contributed by atoms with Crippen molar-refractivity contribution in [1.82, 2.24) is 9.97 Å². The predicted octanol–water partition coefficient (Wildman–Crippen LogP) is 3.55. The summed E-state index contributed by atoms with van der Waals surface area (Å²) >= 11 is 0. The molecule has 0 saturated carbocycles. The Kier molecular flexibility index (Phi) is 4.34. The van der Waals surface area contributed by atoms with E-state index in [1.165, 1.54) is 0 Å². The second-order valence-corrected chi connectivity index (χ2v) is 4.56. The van der Waals surface area contributed by atoms with Gasteiger partial charge in [0.15, 0.2) is 5.78 Å². The van der Waals surface area contributed by atoms with Gasteiger partial charge < -0.3 is 10.1 Å². The SMILES string of the molecule is CCCCCC(=O)c1c[nH]c(-c2ccc(O)cc2)n1. The average molecular weight is 258 g/mol. The zero-order valence-electron chi connectivity index (χ0n) is 11.0. The number of aromatic hydroxyl groups is 1. The number of aromatic nitrogens is 2. The molecule has 1 heterocycles. The summed E-state index contributed by atoms with van der Waals surface area (Å²) in [5.41, 5.74) is 1.34. The molecule has 2 N–H and O–H groups in total. The van der Waals surface area contributed by atoms with Crippen LogP contribution in [0.4, 0.5) is 0 Å². The molecule has 0 spiro atoms. The van der Waals surface area contributed by atoms with Crippen LogP contribution in [-0.4, -0.2) is 20.9 Å². The number of carbonyl (C=O) groups is 1. The van der Waals surface area contributed by atoms with Crippen LogP contribution in [-0.2, 0) is 0 Å². The van der Waals surface area contributed by atoms with Gasteiger partial charge in [0, 0.05) is 18.2 Å². The molecule has 0 aliphatic rings. The summed E-state index contributed by atoms with van der Waals surface area (Å²) in [4.78, 5) is 19.2. The summed E-state index contributed by atoms with van der Waals surface area (Å²) in [7, 11) is 0. The van der Waals surface area contributed by atoms with Gasteiger partial charge in [-0.05, 0) is 30.7 Å². The van der Waals surface area contributed by atoms with Crippen molar-refractivity contribution in [2.24, 2.45) is 0 Å². The van der Waals surface area contributed by atoms with E-state index in [1.54, 1.807) is 30.5 Å². The number of H-pyrrole nitrogens is 1. The van der Waals surface area contributed by atoms with Crippen LogP contribution >= 0.6 is 0 Å². The maximum Gasteiger partial charge on any atom is 0.182 e. The van der Waals surface area contributed by atoms with Crippen molar-refractivity contribution in [3.63, 3.8) is 0 Å². The average Bonchev–Trinajstić information content (AvgIpc) is 2.89. The van der Waals surface area contributed by atoms with Gasteiger partial charge in [-0.2, -0.15) is 0 Å². The topological polar surface area (TPSA) is 66.0 Å². The minimum Gasteiger partial charge on any atom is -0.508 e. The zero-order chi connectivity index (χ0) is 13.7. The Morgan fingerprint density at radius 1 is 1.26 bits per heavy atom. The van der Waals surface area contributed by atoms with Crippen LogP contribution in [0.15, 0.2) is 30.5 Å². The fraction of sp³-hybridized carbons (Fsp3) is 0.333. The Morgan fingerprint density at radius 3 is 2.68 bits per heavy atom. The number of benzene rings is 1. The highest BCUT2D eigenvalue weighted by Gasteiger charge is 2.10. The van der Waals surface area contributed by atoms with Crippen LogP contribution in [0.5, 0.6) is 5.75 Å². The number of ketones is 1. The van der Waals surface area contributed by atoms with Crippen molar-refractivity contribution >= 4 is 5.78 Å². The van der Waals surface area contributed by atoms with Gasteiger partial charge in [0.05, 0.1) is 0 Å². The lowest BCUT2D eigenvalue weighted by atomic mass is 10.1. The number of rotatable bonds is 6. The zero-order valence-corrected chi connectivity index (χ0v) is 11.0. The molecular weight excluding hydrogens is 240 g/mol. The van der Waals surface area contributed by atoms with Gasteiger partial charge in [-0.15, -0.1) is 0 Å². The van der Waals surface area contributed by atoms with E-state index in [0.29, 0.717) is 17.9 Å². The third-order valence-electron chi connectivity index (χ3n) is 3.01. The molecule has 0 atom stereocenters. The first-order valence-corrected chi connectivity index (χ1v) is 6.58. The van der Waals surface area contributed by atoms with Gasteiger partial charge in [0.1, 0.15) is 17.3 Å². The Hall–Kier alpha value is -2.10. The van der Waals surface area contributed by atoms with E-state index in [0.717, 1.165) is 24.8 Å². The molecule has 4 nitrogen and oxygen atoms in total. The Labute approximate surface area is 112 Å². The van der Waals surface area contributed by atoms with E-state index < -0.39 is 0 Å². The normalized spacial score (nSPS) is 10.6. The molecule has 0 bridgehead atoms. The second kappa shape index (κ2) is 6.18. The lowest BCUT2D eigenvalue weighted by Crippen LogP contribution is -1.99. The molecule has 0 saturated heterocycles. The summed E-state index contributed by atoms with van der Waals surface area (Å²) in [5.74, 6) is 0.944. The fourth-order valence-electron chi connectivity index (χ4n) is 1.90. The number of hydrogen-bond acceptors (Lipinski definition) is 3. The molecule has 0 radical (unpaired) electrons. The van der Waals surface area contributed by atoms with Crippen LogP contribution in [0.1, 0.15) is 43.1 Å². The maximum absolute atomic E-state index is 11.9. The number of Topliss-reactive ketones (excluding diaryl/α,β-unsaturated/α-hetero) is 1. The summed E-state index contributed by atoms with van der Waals surface area (Å²) in [5, 5.41) is 9.23. The molecule has 1 aromatic carbocycles.